The fraction of sp³-hybridized carbons (Fsp3) is 0.375. The number of hydrogen-bond acceptors (Lipinski definition) is 4. The van der Waals surface area contributed by atoms with Crippen LogP contribution in [0.5, 0.6) is 0 Å². The number of piperidine rings is 1. The number of carbonyl (C=O) groups is 1. The standard InChI is InChI=1S/C16H16F2N2O3/c17-13-2-1-11(7-14(13)18)15-19-12(9-23-15)8-20-5-3-10(4-6-20)16(21)22/h1-2,7,9-10H,3-6,8H2,(H,21,22). The zero-order valence-corrected chi connectivity index (χ0v) is 12.3. The van der Waals surface area contributed by atoms with Crippen molar-refractivity contribution < 1.29 is 23.1 Å². The van der Waals surface area contributed by atoms with Crippen molar-refractivity contribution in [3.63, 3.8) is 0 Å². The summed E-state index contributed by atoms with van der Waals surface area (Å²) in [5, 5.41) is 8.98. The van der Waals surface area contributed by atoms with Gasteiger partial charge in [-0.25, -0.2) is 13.8 Å². The first-order valence-corrected chi connectivity index (χ1v) is 7.38. The molecular formula is C16H16F2N2O3. The number of nitrogens with zero attached hydrogens (tertiary/aromatic N) is 2. The van der Waals surface area contributed by atoms with Gasteiger partial charge in [0.05, 0.1) is 11.6 Å². The first-order chi connectivity index (χ1) is 11.0. The highest BCUT2D eigenvalue weighted by molar-refractivity contribution is 5.70. The van der Waals surface area contributed by atoms with Crippen LogP contribution in [0, 0.1) is 17.6 Å². The second-order valence-electron chi connectivity index (χ2n) is 5.66. The quantitative estimate of drug-likeness (QED) is 0.937. The number of benzene rings is 1. The largest absolute Gasteiger partial charge is 0.481 e. The van der Waals surface area contributed by atoms with Crippen molar-refractivity contribution in [2.24, 2.45) is 5.92 Å². The van der Waals surface area contributed by atoms with Crippen molar-refractivity contribution in [2.75, 3.05) is 13.1 Å². The lowest BCUT2D eigenvalue weighted by atomic mass is 9.97. The molecule has 122 valence electrons. The highest BCUT2D eigenvalue weighted by atomic mass is 19.2. The maximum absolute atomic E-state index is 13.2. The molecule has 1 N–H and O–H groups in total. The summed E-state index contributed by atoms with van der Waals surface area (Å²) in [4.78, 5) is 17.3. The van der Waals surface area contributed by atoms with E-state index in [9.17, 15) is 13.6 Å². The van der Waals surface area contributed by atoms with Crippen LogP contribution in [0.2, 0.25) is 0 Å². The fourth-order valence-electron chi connectivity index (χ4n) is 2.71. The predicted octanol–water partition coefficient (Wildman–Crippen LogP) is 2.92. The molecule has 1 aliphatic rings. The summed E-state index contributed by atoms with van der Waals surface area (Å²) < 4.78 is 31.5. The van der Waals surface area contributed by atoms with Gasteiger partial charge >= 0.3 is 5.97 Å². The average Bonchev–Trinajstić information content (AvgIpc) is 2.99. The van der Waals surface area contributed by atoms with Crippen LogP contribution in [0.1, 0.15) is 18.5 Å². The van der Waals surface area contributed by atoms with Gasteiger partial charge in [-0.05, 0) is 44.1 Å². The fourth-order valence-corrected chi connectivity index (χ4v) is 2.71. The SMILES string of the molecule is O=C(O)C1CCN(Cc2coc(-c3ccc(F)c(F)c3)n2)CC1. The lowest BCUT2D eigenvalue weighted by Crippen LogP contribution is -2.35. The summed E-state index contributed by atoms with van der Waals surface area (Å²) in [7, 11) is 0. The highest BCUT2D eigenvalue weighted by Crippen LogP contribution is 2.23. The van der Waals surface area contributed by atoms with Gasteiger partial charge in [0.25, 0.3) is 0 Å². The van der Waals surface area contributed by atoms with E-state index in [2.05, 4.69) is 9.88 Å². The molecule has 0 aliphatic carbocycles. The van der Waals surface area contributed by atoms with Crippen LogP contribution in [-0.2, 0) is 11.3 Å². The molecule has 0 bridgehead atoms. The number of likely N-dealkylation sites (tertiary alicyclic amines) is 1. The Morgan fingerprint density at radius 2 is 2.04 bits per heavy atom. The van der Waals surface area contributed by atoms with Crippen molar-refractivity contribution in [3.05, 3.63) is 41.8 Å². The smallest absolute Gasteiger partial charge is 0.306 e. The first-order valence-electron chi connectivity index (χ1n) is 7.38. The van der Waals surface area contributed by atoms with E-state index >= 15 is 0 Å². The van der Waals surface area contributed by atoms with Gasteiger partial charge in [-0.3, -0.25) is 9.69 Å². The molecule has 2 aromatic rings. The molecule has 1 aromatic heterocycles. The molecule has 1 fully saturated rings. The van der Waals surface area contributed by atoms with E-state index in [1.165, 1.54) is 12.3 Å². The molecule has 0 unspecified atom stereocenters. The number of aromatic nitrogens is 1. The Bertz CT molecular complexity index is 709. The minimum atomic E-state index is -0.946. The second kappa shape index (κ2) is 6.45. The van der Waals surface area contributed by atoms with Crippen LogP contribution in [0.3, 0.4) is 0 Å². The van der Waals surface area contributed by atoms with E-state index in [0.29, 0.717) is 43.7 Å². The van der Waals surface area contributed by atoms with Crippen molar-refractivity contribution in [1.29, 1.82) is 0 Å². The van der Waals surface area contributed by atoms with Gasteiger partial charge in [0.2, 0.25) is 5.89 Å². The normalized spacial score (nSPS) is 16.6. The lowest BCUT2D eigenvalue weighted by Gasteiger charge is -2.29. The Morgan fingerprint density at radius 1 is 1.30 bits per heavy atom. The second-order valence-corrected chi connectivity index (χ2v) is 5.66. The average molecular weight is 322 g/mol. The van der Waals surface area contributed by atoms with Gasteiger partial charge < -0.3 is 9.52 Å². The van der Waals surface area contributed by atoms with E-state index in [1.807, 2.05) is 0 Å². The number of oxazole rings is 1. The number of aliphatic carboxylic acids is 1. The number of hydrogen-bond donors (Lipinski definition) is 1. The van der Waals surface area contributed by atoms with E-state index < -0.39 is 17.6 Å². The lowest BCUT2D eigenvalue weighted by molar-refractivity contribution is -0.143. The summed E-state index contributed by atoms with van der Waals surface area (Å²) in [6, 6.07) is 3.49. The topological polar surface area (TPSA) is 66.6 Å². The van der Waals surface area contributed by atoms with E-state index in [4.69, 9.17) is 9.52 Å². The van der Waals surface area contributed by atoms with E-state index in [-0.39, 0.29) is 11.8 Å². The molecule has 0 saturated carbocycles. The maximum atomic E-state index is 13.2. The Labute approximate surface area is 131 Å². The Hall–Kier alpha value is -2.28. The molecule has 0 atom stereocenters. The Kier molecular flexibility index (Phi) is 4.38. The molecule has 0 amide bonds. The van der Waals surface area contributed by atoms with Crippen molar-refractivity contribution in [3.8, 4) is 11.5 Å². The molecule has 5 nitrogen and oxygen atoms in total. The van der Waals surface area contributed by atoms with Gasteiger partial charge in [-0.2, -0.15) is 0 Å². The Balaban J connectivity index is 1.64. The van der Waals surface area contributed by atoms with Crippen LogP contribution in [-0.4, -0.2) is 34.0 Å². The molecule has 1 saturated heterocycles. The molecule has 2 heterocycles. The zero-order valence-electron chi connectivity index (χ0n) is 12.3. The molecule has 3 rings (SSSR count). The van der Waals surface area contributed by atoms with Crippen LogP contribution >= 0.6 is 0 Å². The minimum absolute atomic E-state index is 0.235. The van der Waals surface area contributed by atoms with Crippen molar-refractivity contribution in [1.82, 2.24) is 9.88 Å². The van der Waals surface area contributed by atoms with Gasteiger partial charge in [0.1, 0.15) is 6.26 Å². The zero-order chi connectivity index (χ0) is 16.4. The summed E-state index contributed by atoms with van der Waals surface area (Å²) in [5.41, 5.74) is 1.05. The van der Waals surface area contributed by atoms with Crippen LogP contribution < -0.4 is 0 Å². The molecule has 7 heteroatoms. The summed E-state index contributed by atoms with van der Waals surface area (Å²) in [6.45, 7) is 1.91. The Morgan fingerprint density at radius 3 is 2.70 bits per heavy atom. The van der Waals surface area contributed by atoms with Gasteiger partial charge in [0.15, 0.2) is 11.6 Å². The van der Waals surface area contributed by atoms with E-state index in [1.54, 1.807) is 0 Å². The summed E-state index contributed by atoms with van der Waals surface area (Å²) in [6.07, 6.45) is 2.71. The van der Waals surface area contributed by atoms with Gasteiger partial charge in [0, 0.05) is 12.1 Å². The number of carboxylic acids is 1. The van der Waals surface area contributed by atoms with Crippen LogP contribution in [0.15, 0.2) is 28.9 Å². The third-order valence-corrected chi connectivity index (χ3v) is 4.04. The molecule has 1 aromatic carbocycles. The number of carboxylic acid groups (broad SMARTS) is 1. The summed E-state index contributed by atoms with van der Waals surface area (Å²) in [5.74, 6) is -2.65. The number of halogens is 2. The van der Waals surface area contributed by atoms with E-state index in [0.717, 1.165) is 12.1 Å². The molecule has 1 aliphatic heterocycles. The number of rotatable bonds is 4. The molecule has 23 heavy (non-hydrogen) atoms. The maximum Gasteiger partial charge on any atom is 0.306 e. The third kappa shape index (κ3) is 3.56. The van der Waals surface area contributed by atoms with Crippen LogP contribution in [0.4, 0.5) is 8.78 Å². The summed E-state index contributed by atoms with van der Waals surface area (Å²) >= 11 is 0. The van der Waals surface area contributed by atoms with Gasteiger partial charge in [-0.1, -0.05) is 0 Å². The predicted molar refractivity (Wildman–Crippen MR) is 77.5 cm³/mol. The highest BCUT2D eigenvalue weighted by Gasteiger charge is 2.25. The van der Waals surface area contributed by atoms with Crippen molar-refractivity contribution >= 4 is 5.97 Å². The molecular weight excluding hydrogens is 306 g/mol. The minimum Gasteiger partial charge on any atom is -0.481 e. The van der Waals surface area contributed by atoms with Gasteiger partial charge in [-0.15, -0.1) is 0 Å². The molecule has 0 spiro atoms. The molecule has 0 radical (unpaired) electrons. The first kappa shape index (κ1) is 15.6. The monoisotopic (exact) mass is 322 g/mol. The van der Waals surface area contributed by atoms with Crippen LogP contribution in [0.25, 0.3) is 11.5 Å². The van der Waals surface area contributed by atoms with Crippen molar-refractivity contribution in [2.45, 2.75) is 19.4 Å². The third-order valence-electron chi connectivity index (χ3n) is 4.04.